The van der Waals surface area contributed by atoms with Crippen molar-refractivity contribution in [3.8, 4) is 11.1 Å². The van der Waals surface area contributed by atoms with Gasteiger partial charge in [0.25, 0.3) is 10.0 Å². The van der Waals surface area contributed by atoms with Gasteiger partial charge in [-0.2, -0.15) is 0 Å². The van der Waals surface area contributed by atoms with Crippen molar-refractivity contribution < 1.29 is 8.42 Å². The van der Waals surface area contributed by atoms with Crippen LogP contribution in [-0.2, 0) is 10.0 Å². The second-order valence-corrected chi connectivity index (χ2v) is 8.31. The summed E-state index contributed by atoms with van der Waals surface area (Å²) in [7, 11) is -3.59. The van der Waals surface area contributed by atoms with Crippen LogP contribution in [-0.4, -0.2) is 14.5 Å². The van der Waals surface area contributed by atoms with E-state index in [0.29, 0.717) is 11.6 Å². The number of nitrogens with two attached hydrogens (primary N) is 1. The monoisotopic (exact) mass is 400 g/mol. The van der Waals surface area contributed by atoms with Crippen LogP contribution < -0.4 is 10.5 Å². The fraction of sp³-hybridized carbons (Fsp3) is 0.143. The van der Waals surface area contributed by atoms with Crippen LogP contribution in [0.4, 0.5) is 5.69 Å². The molecule has 0 aromatic heterocycles. The Labute approximate surface area is 165 Å². The molecule has 0 unspecified atom stereocenters. The van der Waals surface area contributed by atoms with Gasteiger partial charge in [-0.1, -0.05) is 54.6 Å². The van der Waals surface area contributed by atoms with Crippen molar-refractivity contribution in [2.45, 2.75) is 23.3 Å². The summed E-state index contributed by atoms with van der Waals surface area (Å²) in [5, 5.41) is 0. The van der Waals surface area contributed by atoms with Crippen LogP contribution in [0.5, 0.6) is 0 Å². The molecule has 1 aliphatic rings. The highest BCUT2D eigenvalue weighted by Crippen LogP contribution is 2.39. The van der Waals surface area contributed by atoms with Gasteiger partial charge in [0, 0.05) is 17.6 Å². The minimum atomic E-state index is -3.59. The molecule has 0 bridgehead atoms. The third-order valence-corrected chi connectivity index (χ3v) is 6.08. The Kier molecular flexibility index (Phi) is 5.56. The molecule has 0 aliphatic heterocycles. The predicted molar refractivity (Wildman–Crippen MR) is 112 cm³/mol. The van der Waals surface area contributed by atoms with Crippen molar-refractivity contribution in [1.82, 2.24) is 0 Å². The zero-order valence-electron chi connectivity index (χ0n) is 14.6. The van der Waals surface area contributed by atoms with Crippen LogP contribution in [0.3, 0.4) is 0 Å². The van der Waals surface area contributed by atoms with Crippen molar-refractivity contribution in [2.24, 2.45) is 5.73 Å². The molecule has 4 nitrogen and oxygen atoms in total. The highest BCUT2D eigenvalue weighted by atomic mass is 35.5. The van der Waals surface area contributed by atoms with Gasteiger partial charge in [-0.05, 0) is 47.4 Å². The minimum Gasteiger partial charge on any atom is -0.327 e. The standard InChI is InChI=1S/C21H20N2O2S.ClH/c22-21-14-20(21)16-11-9-15(10-12-16)17-5-4-6-18(13-17)23-26(24,25)19-7-2-1-3-8-19;/h1-13,20-21,23H,14,22H2;1H/t20-,21+;/m0./s1. The first-order valence-electron chi connectivity index (χ1n) is 8.57. The highest BCUT2D eigenvalue weighted by Gasteiger charge is 2.34. The molecule has 0 radical (unpaired) electrons. The van der Waals surface area contributed by atoms with E-state index >= 15 is 0 Å². The second kappa shape index (κ2) is 7.72. The molecule has 3 N–H and O–H groups in total. The number of hydrogen-bond donors (Lipinski definition) is 2. The summed E-state index contributed by atoms with van der Waals surface area (Å²) in [4.78, 5) is 0.246. The van der Waals surface area contributed by atoms with E-state index in [9.17, 15) is 8.42 Å². The molecule has 1 aliphatic carbocycles. The molecule has 140 valence electrons. The molecule has 0 heterocycles. The number of hydrogen-bond acceptors (Lipinski definition) is 3. The van der Waals surface area contributed by atoms with E-state index in [-0.39, 0.29) is 23.3 Å². The van der Waals surface area contributed by atoms with Crippen LogP contribution in [0.25, 0.3) is 11.1 Å². The first-order valence-corrected chi connectivity index (χ1v) is 10.1. The van der Waals surface area contributed by atoms with Crippen molar-refractivity contribution in [2.75, 3.05) is 4.72 Å². The molecule has 2 atom stereocenters. The summed E-state index contributed by atoms with van der Waals surface area (Å²) in [6.45, 7) is 0. The fourth-order valence-corrected chi connectivity index (χ4v) is 4.17. The van der Waals surface area contributed by atoms with Gasteiger partial charge < -0.3 is 5.73 Å². The van der Waals surface area contributed by atoms with Crippen molar-refractivity contribution in [3.05, 3.63) is 84.4 Å². The maximum atomic E-state index is 12.5. The smallest absolute Gasteiger partial charge is 0.261 e. The maximum absolute atomic E-state index is 12.5. The number of anilines is 1. The quantitative estimate of drug-likeness (QED) is 0.667. The largest absolute Gasteiger partial charge is 0.327 e. The third-order valence-electron chi connectivity index (χ3n) is 4.68. The SMILES string of the molecule is Cl.N[C@@H]1C[C@H]1c1ccc(-c2cccc(NS(=O)(=O)c3ccccc3)c2)cc1. The van der Waals surface area contributed by atoms with Crippen LogP contribution >= 0.6 is 12.4 Å². The zero-order valence-corrected chi connectivity index (χ0v) is 16.2. The Morgan fingerprint density at radius 2 is 1.52 bits per heavy atom. The lowest BCUT2D eigenvalue weighted by Gasteiger charge is -2.10. The van der Waals surface area contributed by atoms with E-state index in [4.69, 9.17) is 5.73 Å². The van der Waals surface area contributed by atoms with Crippen LogP contribution in [0.15, 0.2) is 83.8 Å². The van der Waals surface area contributed by atoms with E-state index < -0.39 is 10.0 Å². The van der Waals surface area contributed by atoms with Gasteiger partial charge in [-0.25, -0.2) is 8.42 Å². The molecular formula is C21H21ClN2O2S. The Morgan fingerprint density at radius 1 is 0.852 bits per heavy atom. The number of nitrogens with one attached hydrogen (secondary N) is 1. The van der Waals surface area contributed by atoms with Gasteiger partial charge >= 0.3 is 0 Å². The number of benzene rings is 3. The van der Waals surface area contributed by atoms with Crippen molar-refractivity contribution in [3.63, 3.8) is 0 Å². The van der Waals surface area contributed by atoms with Crippen LogP contribution in [0.1, 0.15) is 17.9 Å². The van der Waals surface area contributed by atoms with Crippen LogP contribution in [0, 0.1) is 0 Å². The Bertz CT molecular complexity index is 1020. The maximum Gasteiger partial charge on any atom is 0.261 e. The fourth-order valence-electron chi connectivity index (χ4n) is 3.10. The molecule has 3 aromatic rings. The molecule has 6 heteroatoms. The van der Waals surface area contributed by atoms with Crippen molar-refractivity contribution in [1.29, 1.82) is 0 Å². The van der Waals surface area contributed by atoms with Gasteiger partial charge in [0.2, 0.25) is 0 Å². The molecule has 27 heavy (non-hydrogen) atoms. The normalized spacial score (nSPS) is 18.4. The molecule has 1 saturated carbocycles. The third kappa shape index (κ3) is 4.33. The molecule has 4 rings (SSSR count). The topological polar surface area (TPSA) is 72.2 Å². The average Bonchev–Trinajstić information content (AvgIpc) is 3.39. The summed E-state index contributed by atoms with van der Waals surface area (Å²) in [6, 6.07) is 24.4. The molecule has 0 saturated heterocycles. The number of rotatable bonds is 5. The van der Waals surface area contributed by atoms with E-state index in [2.05, 4.69) is 29.0 Å². The molecular weight excluding hydrogens is 380 g/mol. The Hall–Kier alpha value is -2.34. The van der Waals surface area contributed by atoms with Gasteiger partial charge in [-0.3, -0.25) is 4.72 Å². The summed E-state index contributed by atoms with van der Waals surface area (Å²) in [5.41, 5.74) is 9.72. The molecule has 0 amide bonds. The first-order chi connectivity index (χ1) is 12.5. The highest BCUT2D eigenvalue weighted by molar-refractivity contribution is 7.92. The van der Waals surface area contributed by atoms with Gasteiger partial charge in [0.05, 0.1) is 4.90 Å². The number of halogens is 1. The Balaban J connectivity index is 0.00000210. The Morgan fingerprint density at radius 3 is 2.15 bits per heavy atom. The average molecular weight is 401 g/mol. The summed E-state index contributed by atoms with van der Waals surface area (Å²) in [6.07, 6.45) is 1.05. The second-order valence-electron chi connectivity index (χ2n) is 6.63. The predicted octanol–water partition coefficient (Wildman–Crippen LogP) is 4.39. The molecule has 1 fully saturated rings. The zero-order chi connectivity index (χ0) is 18.1. The first kappa shape index (κ1) is 19.4. The van der Waals surface area contributed by atoms with Gasteiger partial charge in [0.15, 0.2) is 0 Å². The minimum absolute atomic E-state index is 0. The van der Waals surface area contributed by atoms with E-state index in [1.807, 2.05) is 18.2 Å². The van der Waals surface area contributed by atoms with Crippen LogP contribution in [0.2, 0.25) is 0 Å². The lowest BCUT2D eigenvalue weighted by Crippen LogP contribution is -2.12. The molecule has 3 aromatic carbocycles. The summed E-state index contributed by atoms with van der Waals surface area (Å²) in [5.74, 6) is 0.480. The van der Waals surface area contributed by atoms with Gasteiger partial charge in [-0.15, -0.1) is 12.4 Å². The number of sulfonamides is 1. The van der Waals surface area contributed by atoms with E-state index in [1.165, 1.54) is 5.56 Å². The lowest BCUT2D eigenvalue weighted by molar-refractivity contribution is 0.601. The molecule has 0 spiro atoms. The summed E-state index contributed by atoms with van der Waals surface area (Å²) < 4.78 is 27.6. The van der Waals surface area contributed by atoms with E-state index in [1.54, 1.807) is 36.4 Å². The van der Waals surface area contributed by atoms with Crippen molar-refractivity contribution >= 4 is 28.1 Å². The van der Waals surface area contributed by atoms with Gasteiger partial charge in [0.1, 0.15) is 0 Å². The summed E-state index contributed by atoms with van der Waals surface area (Å²) >= 11 is 0. The van der Waals surface area contributed by atoms with E-state index in [0.717, 1.165) is 17.5 Å². The lowest BCUT2D eigenvalue weighted by atomic mass is 10.0.